The zero-order valence-corrected chi connectivity index (χ0v) is 16.8. The molecule has 0 fully saturated rings. The van der Waals surface area contributed by atoms with E-state index in [1.165, 1.54) is 25.8 Å². The first-order valence-corrected chi connectivity index (χ1v) is 8.79. The number of hydrogen-bond donors (Lipinski definition) is 2. The van der Waals surface area contributed by atoms with E-state index in [2.05, 4.69) is 31.6 Å². The molecule has 0 heterocycles. The maximum atomic E-state index is 12.2. The number of hydrazine groups is 1. The number of rotatable bonds is 6. The molecular formula is C21H26N2O5. The fraction of sp³-hybridized carbons (Fsp3) is 0.333. The molecule has 0 radical (unpaired) electrons. The van der Waals surface area contributed by atoms with Crippen LogP contribution in [0, 0.1) is 0 Å². The number of benzene rings is 2. The Hall–Kier alpha value is -3.22. The van der Waals surface area contributed by atoms with Crippen LogP contribution in [0.15, 0.2) is 42.5 Å². The van der Waals surface area contributed by atoms with Crippen molar-refractivity contribution in [3.8, 4) is 17.2 Å². The largest absolute Gasteiger partial charge is 0.493 e. The van der Waals surface area contributed by atoms with Crippen molar-refractivity contribution in [2.75, 3.05) is 20.8 Å². The van der Waals surface area contributed by atoms with Crippen LogP contribution in [0.3, 0.4) is 0 Å². The quantitative estimate of drug-likeness (QED) is 0.746. The summed E-state index contributed by atoms with van der Waals surface area (Å²) in [5.74, 6) is 0.546. The Balaban J connectivity index is 1.84. The van der Waals surface area contributed by atoms with Crippen LogP contribution in [0.25, 0.3) is 0 Å². The summed E-state index contributed by atoms with van der Waals surface area (Å²) in [5.41, 5.74) is 6.19. The van der Waals surface area contributed by atoms with Gasteiger partial charge in [0.05, 0.1) is 14.2 Å². The van der Waals surface area contributed by atoms with E-state index < -0.39 is 11.8 Å². The van der Waals surface area contributed by atoms with Crippen LogP contribution in [0.4, 0.5) is 0 Å². The van der Waals surface area contributed by atoms with Gasteiger partial charge in [0.25, 0.3) is 11.8 Å². The Morgan fingerprint density at radius 3 is 2.11 bits per heavy atom. The number of hydrogen-bond acceptors (Lipinski definition) is 5. The van der Waals surface area contributed by atoms with Crippen LogP contribution in [-0.4, -0.2) is 32.6 Å². The molecule has 28 heavy (non-hydrogen) atoms. The van der Waals surface area contributed by atoms with E-state index in [1.807, 2.05) is 24.3 Å². The molecule has 2 aromatic carbocycles. The molecule has 0 aliphatic carbocycles. The molecule has 0 saturated carbocycles. The highest BCUT2D eigenvalue weighted by molar-refractivity contribution is 5.96. The van der Waals surface area contributed by atoms with Crippen LogP contribution in [0.1, 0.15) is 36.7 Å². The Morgan fingerprint density at radius 1 is 0.893 bits per heavy atom. The average molecular weight is 386 g/mol. The van der Waals surface area contributed by atoms with Gasteiger partial charge in [0, 0.05) is 5.56 Å². The first-order chi connectivity index (χ1) is 13.2. The molecule has 2 aromatic rings. The van der Waals surface area contributed by atoms with Gasteiger partial charge in [0.1, 0.15) is 5.75 Å². The molecule has 0 aliphatic rings. The molecule has 0 bridgehead atoms. The van der Waals surface area contributed by atoms with Gasteiger partial charge in [-0.15, -0.1) is 0 Å². The molecule has 0 atom stereocenters. The number of carbonyl (C=O) groups is 2. The number of methoxy groups -OCH3 is 2. The van der Waals surface area contributed by atoms with Gasteiger partial charge in [0.15, 0.2) is 18.1 Å². The molecule has 2 N–H and O–H groups in total. The fourth-order valence-electron chi connectivity index (χ4n) is 2.41. The minimum atomic E-state index is -0.483. The van der Waals surface area contributed by atoms with Gasteiger partial charge in [-0.25, -0.2) is 0 Å². The van der Waals surface area contributed by atoms with E-state index in [4.69, 9.17) is 14.2 Å². The molecule has 0 aromatic heterocycles. The van der Waals surface area contributed by atoms with Gasteiger partial charge < -0.3 is 14.2 Å². The fourth-order valence-corrected chi connectivity index (χ4v) is 2.41. The predicted molar refractivity (Wildman–Crippen MR) is 106 cm³/mol. The summed E-state index contributed by atoms with van der Waals surface area (Å²) in [6.07, 6.45) is 0. The van der Waals surface area contributed by atoms with Crippen molar-refractivity contribution in [1.82, 2.24) is 10.9 Å². The second-order valence-electron chi connectivity index (χ2n) is 7.14. The van der Waals surface area contributed by atoms with Gasteiger partial charge in [-0.1, -0.05) is 32.9 Å². The van der Waals surface area contributed by atoms with E-state index in [1.54, 1.807) is 12.1 Å². The van der Waals surface area contributed by atoms with Crippen molar-refractivity contribution in [3.05, 3.63) is 53.6 Å². The molecule has 7 nitrogen and oxygen atoms in total. The van der Waals surface area contributed by atoms with Crippen LogP contribution < -0.4 is 25.1 Å². The minimum Gasteiger partial charge on any atom is -0.493 e. The third-order valence-electron chi connectivity index (χ3n) is 4.05. The highest BCUT2D eigenvalue weighted by atomic mass is 16.5. The smallest absolute Gasteiger partial charge is 0.276 e. The highest BCUT2D eigenvalue weighted by Gasteiger charge is 2.14. The van der Waals surface area contributed by atoms with Crippen molar-refractivity contribution in [3.63, 3.8) is 0 Å². The summed E-state index contributed by atoms with van der Waals surface area (Å²) >= 11 is 0. The van der Waals surface area contributed by atoms with Crippen LogP contribution in [0.2, 0.25) is 0 Å². The summed E-state index contributed by atoms with van der Waals surface area (Å²) in [6.45, 7) is 6.15. The average Bonchev–Trinajstić information content (AvgIpc) is 2.69. The summed E-state index contributed by atoms with van der Waals surface area (Å²) in [7, 11) is 2.99. The van der Waals surface area contributed by atoms with Gasteiger partial charge in [0.2, 0.25) is 0 Å². The second-order valence-corrected chi connectivity index (χ2v) is 7.14. The topological polar surface area (TPSA) is 85.9 Å². The molecule has 0 spiro atoms. The third kappa shape index (κ3) is 5.64. The van der Waals surface area contributed by atoms with Gasteiger partial charge >= 0.3 is 0 Å². The summed E-state index contributed by atoms with van der Waals surface area (Å²) < 4.78 is 15.7. The van der Waals surface area contributed by atoms with Gasteiger partial charge in [-0.05, 0) is 41.3 Å². The third-order valence-corrected chi connectivity index (χ3v) is 4.05. The molecule has 0 saturated heterocycles. The SMILES string of the molecule is COc1ccc(C(=O)NNC(=O)COc2ccc(C(C)(C)C)cc2)cc1OC. The Kier molecular flexibility index (Phi) is 6.87. The van der Waals surface area contributed by atoms with Crippen molar-refractivity contribution >= 4 is 11.8 Å². The number of ether oxygens (including phenoxy) is 3. The molecule has 150 valence electrons. The maximum Gasteiger partial charge on any atom is 0.276 e. The van der Waals surface area contributed by atoms with Crippen LogP contribution in [0.5, 0.6) is 17.2 Å². The van der Waals surface area contributed by atoms with E-state index >= 15 is 0 Å². The number of carbonyl (C=O) groups excluding carboxylic acids is 2. The summed E-state index contributed by atoms with van der Waals surface area (Å²) in [4.78, 5) is 24.1. The zero-order valence-electron chi connectivity index (χ0n) is 16.8. The second kappa shape index (κ2) is 9.12. The maximum absolute atomic E-state index is 12.2. The van der Waals surface area contributed by atoms with E-state index in [-0.39, 0.29) is 12.0 Å². The van der Waals surface area contributed by atoms with Gasteiger partial charge in [-0.3, -0.25) is 20.4 Å². The lowest BCUT2D eigenvalue weighted by Gasteiger charge is -2.19. The number of amides is 2. The molecule has 7 heteroatoms. The Bertz CT molecular complexity index is 826. The van der Waals surface area contributed by atoms with Crippen LogP contribution in [-0.2, 0) is 10.2 Å². The molecule has 2 rings (SSSR count). The van der Waals surface area contributed by atoms with E-state index in [0.717, 1.165) is 0 Å². The first kappa shape index (κ1) is 21.1. The predicted octanol–water partition coefficient (Wildman–Crippen LogP) is 2.84. The summed E-state index contributed by atoms with van der Waals surface area (Å²) in [6, 6.07) is 12.3. The normalized spacial score (nSPS) is 10.8. The Labute approximate surface area is 165 Å². The van der Waals surface area contributed by atoms with Gasteiger partial charge in [-0.2, -0.15) is 0 Å². The molecular weight excluding hydrogens is 360 g/mol. The lowest BCUT2D eigenvalue weighted by molar-refractivity contribution is -0.123. The van der Waals surface area contributed by atoms with E-state index in [0.29, 0.717) is 22.8 Å². The number of nitrogens with one attached hydrogen (secondary N) is 2. The van der Waals surface area contributed by atoms with Crippen LogP contribution >= 0.6 is 0 Å². The van der Waals surface area contributed by atoms with Crippen molar-refractivity contribution in [2.45, 2.75) is 26.2 Å². The van der Waals surface area contributed by atoms with Crippen molar-refractivity contribution in [2.24, 2.45) is 0 Å². The minimum absolute atomic E-state index is 0.0460. The molecule has 0 unspecified atom stereocenters. The lowest BCUT2D eigenvalue weighted by Crippen LogP contribution is -2.43. The Morgan fingerprint density at radius 2 is 1.54 bits per heavy atom. The summed E-state index contributed by atoms with van der Waals surface area (Å²) in [5, 5.41) is 0. The standard InChI is InChI=1S/C21H26N2O5/c1-21(2,3)15-7-9-16(10-8-15)28-13-19(24)22-23-20(25)14-6-11-17(26-4)18(12-14)27-5/h6-12H,13H2,1-5H3,(H,22,24)(H,23,25). The van der Waals surface area contributed by atoms with E-state index in [9.17, 15) is 9.59 Å². The van der Waals surface area contributed by atoms with Crippen molar-refractivity contribution < 1.29 is 23.8 Å². The zero-order chi connectivity index (χ0) is 20.7. The monoisotopic (exact) mass is 386 g/mol. The molecule has 0 aliphatic heterocycles. The molecule has 2 amide bonds. The first-order valence-electron chi connectivity index (χ1n) is 8.79. The lowest BCUT2D eigenvalue weighted by atomic mass is 9.87. The van der Waals surface area contributed by atoms with Crippen molar-refractivity contribution in [1.29, 1.82) is 0 Å². The highest BCUT2D eigenvalue weighted by Crippen LogP contribution is 2.27.